The molecule has 0 atom stereocenters. The van der Waals surface area contributed by atoms with Crippen LogP contribution in [-0.2, 0) is 0 Å². The van der Waals surface area contributed by atoms with Crippen molar-refractivity contribution in [1.29, 1.82) is 0 Å². The second-order valence-corrected chi connectivity index (χ2v) is 4.20. The van der Waals surface area contributed by atoms with E-state index in [9.17, 15) is 0 Å². The van der Waals surface area contributed by atoms with Gasteiger partial charge in [0.05, 0.1) is 11.0 Å². The van der Waals surface area contributed by atoms with Crippen molar-refractivity contribution in [1.82, 2.24) is 19.8 Å². The van der Waals surface area contributed by atoms with Crippen LogP contribution in [0.3, 0.4) is 0 Å². The number of rotatable bonds is 0. The Bertz CT molecular complexity index is 894. The highest BCUT2D eigenvalue weighted by molar-refractivity contribution is 5.94. The van der Waals surface area contributed by atoms with Gasteiger partial charge in [-0.15, -0.1) is 10.2 Å². The zero-order chi connectivity index (χ0) is 12.1. The summed E-state index contributed by atoms with van der Waals surface area (Å²) in [6, 6.07) is 13.4. The summed E-state index contributed by atoms with van der Waals surface area (Å²) >= 11 is 0. The summed E-state index contributed by atoms with van der Waals surface area (Å²) in [5, 5.41) is 14.0. The van der Waals surface area contributed by atoms with Crippen LogP contribution in [-0.4, -0.2) is 19.8 Å². The molecule has 0 spiro atoms. The van der Waals surface area contributed by atoms with Crippen molar-refractivity contribution >= 4 is 33.3 Å². The van der Waals surface area contributed by atoms with Gasteiger partial charge >= 0.3 is 0 Å². The Morgan fingerprint density at radius 2 is 1.83 bits per heavy atom. The fourth-order valence-electron chi connectivity index (χ4n) is 2.18. The summed E-state index contributed by atoms with van der Waals surface area (Å²) in [4.78, 5) is 0. The second kappa shape index (κ2) is 3.16. The van der Waals surface area contributed by atoms with Crippen LogP contribution in [0.15, 0.2) is 42.5 Å². The molecule has 2 heterocycles. The highest BCUT2D eigenvalue weighted by Crippen LogP contribution is 2.21. The minimum absolute atomic E-state index is 0.691. The zero-order valence-electron chi connectivity index (χ0n) is 9.41. The molecule has 0 aliphatic rings. The minimum atomic E-state index is 0.691. The third-order valence-electron chi connectivity index (χ3n) is 3.03. The monoisotopic (exact) mass is 235 g/mol. The summed E-state index contributed by atoms with van der Waals surface area (Å²) in [6.45, 7) is 0. The number of nitrogen functional groups attached to an aromatic ring is 1. The summed E-state index contributed by atoms with van der Waals surface area (Å²) in [5.41, 5.74) is 9.82. The molecule has 5 nitrogen and oxygen atoms in total. The molecular weight excluding hydrogens is 226 g/mol. The van der Waals surface area contributed by atoms with Crippen LogP contribution < -0.4 is 5.73 Å². The Morgan fingerprint density at radius 1 is 0.944 bits per heavy atom. The summed E-state index contributed by atoms with van der Waals surface area (Å²) in [5.74, 6) is 0. The van der Waals surface area contributed by atoms with E-state index in [0.29, 0.717) is 5.69 Å². The Labute approximate surface area is 102 Å². The van der Waals surface area contributed by atoms with Crippen molar-refractivity contribution in [3.05, 3.63) is 42.5 Å². The molecule has 2 aromatic carbocycles. The summed E-state index contributed by atoms with van der Waals surface area (Å²) in [7, 11) is 0. The second-order valence-electron chi connectivity index (χ2n) is 4.20. The van der Waals surface area contributed by atoms with Crippen LogP contribution in [0.1, 0.15) is 0 Å². The van der Waals surface area contributed by atoms with Crippen LogP contribution >= 0.6 is 0 Å². The molecule has 0 fully saturated rings. The van der Waals surface area contributed by atoms with Gasteiger partial charge in [-0.1, -0.05) is 12.1 Å². The van der Waals surface area contributed by atoms with Gasteiger partial charge in [0.2, 0.25) is 0 Å². The normalized spacial score (nSPS) is 11.6. The van der Waals surface area contributed by atoms with Gasteiger partial charge in [-0.2, -0.15) is 5.10 Å². The van der Waals surface area contributed by atoms with E-state index in [1.54, 1.807) is 4.52 Å². The lowest BCUT2D eigenvalue weighted by Gasteiger charge is -2.00. The molecule has 0 bridgehead atoms. The fraction of sp³-hybridized carbons (Fsp3) is 0. The van der Waals surface area contributed by atoms with Gasteiger partial charge in [0.1, 0.15) is 5.52 Å². The topological polar surface area (TPSA) is 69.1 Å². The first-order valence-electron chi connectivity index (χ1n) is 5.62. The molecule has 0 saturated carbocycles. The molecule has 2 N–H and O–H groups in total. The molecule has 0 radical (unpaired) electrons. The van der Waals surface area contributed by atoms with Crippen LogP contribution in [0.2, 0.25) is 0 Å². The van der Waals surface area contributed by atoms with Crippen LogP contribution in [0.25, 0.3) is 27.6 Å². The first-order chi connectivity index (χ1) is 8.83. The fourth-order valence-corrected chi connectivity index (χ4v) is 2.18. The highest BCUT2D eigenvalue weighted by Gasteiger charge is 2.09. The van der Waals surface area contributed by atoms with Crippen molar-refractivity contribution in [3.63, 3.8) is 0 Å². The molecule has 4 aromatic rings. The third-order valence-corrected chi connectivity index (χ3v) is 3.03. The summed E-state index contributed by atoms with van der Waals surface area (Å²) in [6.07, 6.45) is 0. The molecular formula is C13H9N5. The van der Waals surface area contributed by atoms with Gasteiger partial charge < -0.3 is 5.73 Å². The first-order valence-corrected chi connectivity index (χ1v) is 5.62. The number of nitrogens with two attached hydrogens (primary N) is 1. The van der Waals surface area contributed by atoms with E-state index in [1.165, 1.54) is 0 Å². The molecule has 2 aromatic heterocycles. The van der Waals surface area contributed by atoms with E-state index >= 15 is 0 Å². The predicted octanol–water partition coefficient (Wildman–Crippen LogP) is 2.01. The Morgan fingerprint density at radius 3 is 2.78 bits per heavy atom. The molecule has 0 amide bonds. The van der Waals surface area contributed by atoms with Gasteiger partial charge in [0.15, 0.2) is 5.65 Å². The quantitative estimate of drug-likeness (QED) is 0.473. The maximum Gasteiger partial charge on any atom is 0.185 e. The average Bonchev–Trinajstić information content (AvgIpc) is 2.78. The molecule has 18 heavy (non-hydrogen) atoms. The SMILES string of the molecule is Nc1ccc2nnc3c4ccccc4nn3c2c1. The van der Waals surface area contributed by atoms with E-state index in [-0.39, 0.29) is 0 Å². The lowest BCUT2D eigenvalue weighted by atomic mass is 10.2. The van der Waals surface area contributed by atoms with E-state index in [0.717, 1.165) is 27.6 Å². The van der Waals surface area contributed by atoms with Crippen molar-refractivity contribution in [2.45, 2.75) is 0 Å². The van der Waals surface area contributed by atoms with Crippen LogP contribution in [0.4, 0.5) is 5.69 Å². The number of aromatic nitrogens is 4. The lowest BCUT2D eigenvalue weighted by molar-refractivity contribution is 0.956. The average molecular weight is 235 g/mol. The maximum atomic E-state index is 5.82. The van der Waals surface area contributed by atoms with Gasteiger partial charge in [-0.05, 0) is 30.3 Å². The maximum absolute atomic E-state index is 5.82. The van der Waals surface area contributed by atoms with Crippen molar-refractivity contribution in [2.75, 3.05) is 5.73 Å². The minimum Gasteiger partial charge on any atom is -0.399 e. The Hall–Kier alpha value is -2.69. The number of benzene rings is 2. The van der Waals surface area contributed by atoms with Gasteiger partial charge in [-0.3, -0.25) is 0 Å². The van der Waals surface area contributed by atoms with Gasteiger partial charge in [-0.25, -0.2) is 4.52 Å². The molecule has 0 saturated heterocycles. The van der Waals surface area contributed by atoms with Gasteiger partial charge in [0, 0.05) is 11.1 Å². The van der Waals surface area contributed by atoms with E-state index in [4.69, 9.17) is 5.73 Å². The number of nitrogens with zero attached hydrogens (tertiary/aromatic N) is 4. The highest BCUT2D eigenvalue weighted by atomic mass is 15.3. The molecule has 5 heteroatoms. The molecule has 86 valence electrons. The van der Waals surface area contributed by atoms with Crippen LogP contribution in [0, 0.1) is 0 Å². The van der Waals surface area contributed by atoms with Crippen molar-refractivity contribution in [3.8, 4) is 0 Å². The molecule has 0 aliphatic carbocycles. The van der Waals surface area contributed by atoms with E-state index in [2.05, 4.69) is 15.3 Å². The Kier molecular flexibility index (Phi) is 1.64. The number of anilines is 1. The van der Waals surface area contributed by atoms with E-state index in [1.807, 2.05) is 42.5 Å². The first kappa shape index (κ1) is 9.35. The number of hydrogen-bond acceptors (Lipinski definition) is 4. The zero-order valence-corrected chi connectivity index (χ0v) is 9.41. The Balaban J connectivity index is 2.31. The van der Waals surface area contributed by atoms with Gasteiger partial charge in [0.25, 0.3) is 0 Å². The number of hydrogen-bond donors (Lipinski definition) is 1. The number of fused-ring (bicyclic) bond motifs is 5. The molecule has 0 aliphatic heterocycles. The largest absolute Gasteiger partial charge is 0.399 e. The lowest BCUT2D eigenvalue weighted by Crippen LogP contribution is -1.97. The van der Waals surface area contributed by atoms with Crippen molar-refractivity contribution < 1.29 is 0 Å². The third kappa shape index (κ3) is 1.13. The standard InChI is InChI=1S/C13H9N5/c14-8-5-6-11-12(7-8)18-13(16-15-11)9-3-1-2-4-10(9)17-18/h1-7H,14H2. The van der Waals surface area contributed by atoms with Crippen LogP contribution in [0.5, 0.6) is 0 Å². The smallest absolute Gasteiger partial charge is 0.185 e. The molecule has 0 unspecified atom stereocenters. The van der Waals surface area contributed by atoms with Crippen molar-refractivity contribution in [2.24, 2.45) is 0 Å². The summed E-state index contributed by atoms with van der Waals surface area (Å²) < 4.78 is 1.80. The molecule has 4 rings (SSSR count). The predicted molar refractivity (Wildman–Crippen MR) is 70.2 cm³/mol. The van der Waals surface area contributed by atoms with E-state index < -0.39 is 0 Å².